The molecule has 0 aliphatic carbocycles. The van der Waals surface area contributed by atoms with E-state index in [4.69, 9.17) is 4.42 Å². The molecule has 1 N–H and O–H groups in total. The van der Waals surface area contributed by atoms with Crippen molar-refractivity contribution in [2.24, 2.45) is 0 Å². The number of benzene rings is 2. The number of carbonyl (C=O) groups is 2. The average Bonchev–Trinajstić information content (AvgIpc) is 3.32. The quantitative estimate of drug-likeness (QED) is 0.660. The van der Waals surface area contributed by atoms with Gasteiger partial charge in [0, 0.05) is 22.4 Å². The summed E-state index contributed by atoms with van der Waals surface area (Å²) in [6, 6.07) is 11.1. The zero-order valence-electron chi connectivity index (χ0n) is 14.0. The predicted octanol–water partition coefficient (Wildman–Crippen LogP) is 4.64. The summed E-state index contributed by atoms with van der Waals surface area (Å²) in [4.78, 5) is 26.6. The molecule has 27 heavy (non-hydrogen) atoms. The molecule has 2 aromatic carbocycles. The SMILES string of the molecule is O=C(Nc1ccc2c(c1)CCN2C(=O)c1ccoc1)c1cc(Br)ccc1F. The van der Waals surface area contributed by atoms with Crippen LogP contribution in [0.15, 0.2) is 63.9 Å². The summed E-state index contributed by atoms with van der Waals surface area (Å²) in [7, 11) is 0. The van der Waals surface area contributed by atoms with Crippen LogP contribution >= 0.6 is 15.9 Å². The monoisotopic (exact) mass is 428 g/mol. The van der Waals surface area contributed by atoms with E-state index in [0.29, 0.717) is 28.7 Å². The number of fused-ring (bicyclic) bond motifs is 1. The molecule has 0 atom stereocenters. The van der Waals surface area contributed by atoms with Gasteiger partial charge in [0.15, 0.2) is 0 Å². The summed E-state index contributed by atoms with van der Waals surface area (Å²) in [5.41, 5.74) is 2.75. The van der Waals surface area contributed by atoms with Gasteiger partial charge < -0.3 is 14.6 Å². The van der Waals surface area contributed by atoms with E-state index >= 15 is 0 Å². The van der Waals surface area contributed by atoms with Crippen LogP contribution in [0.1, 0.15) is 26.3 Å². The molecule has 1 aromatic heterocycles. The highest BCUT2D eigenvalue weighted by Crippen LogP contribution is 2.32. The fraction of sp³-hybridized carbons (Fsp3) is 0.100. The Labute approximate surface area is 162 Å². The number of nitrogens with zero attached hydrogens (tertiary/aromatic N) is 1. The summed E-state index contributed by atoms with van der Waals surface area (Å²) in [5, 5.41) is 2.71. The zero-order chi connectivity index (χ0) is 19.0. The lowest BCUT2D eigenvalue weighted by Gasteiger charge is -2.16. The van der Waals surface area contributed by atoms with E-state index in [1.165, 1.54) is 30.7 Å². The van der Waals surface area contributed by atoms with E-state index in [9.17, 15) is 14.0 Å². The lowest BCUT2D eigenvalue weighted by molar-refractivity contribution is 0.0986. The Morgan fingerprint density at radius 3 is 2.78 bits per heavy atom. The van der Waals surface area contributed by atoms with Gasteiger partial charge in [-0.05, 0) is 54.4 Å². The number of furan rings is 1. The minimum atomic E-state index is -0.589. The molecule has 0 spiro atoms. The molecule has 7 heteroatoms. The number of anilines is 2. The van der Waals surface area contributed by atoms with Crippen molar-refractivity contribution in [2.75, 3.05) is 16.8 Å². The van der Waals surface area contributed by atoms with Crippen LogP contribution in [0.2, 0.25) is 0 Å². The molecule has 0 bridgehead atoms. The van der Waals surface area contributed by atoms with Crippen LogP contribution in [0.3, 0.4) is 0 Å². The first kappa shape index (κ1) is 17.5. The molecule has 1 aliphatic rings. The van der Waals surface area contributed by atoms with Gasteiger partial charge in [-0.1, -0.05) is 15.9 Å². The smallest absolute Gasteiger partial charge is 0.261 e. The molecule has 5 nitrogen and oxygen atoms in total. The fourth-order valence-corrected chi connectivity index (χ4v) is 3.46. The van der Waals surface area contributed by atoms with Crippen molar-refractivity contribution in [2.45, 2.75) is 6.42 Å². The van der Waals surface area contributed by atoms with Gasteiger partial charge in [0.05, 0.1) is 17.4 Å². The molecular weight excluding hydrogens is 415 g/mol. The Balaban J connectivity index is 1.55. The molecule has 2 amide bonds. The Morgan fingerprint density at radius 2 is 2.00 bits per heavy atom. The molecule has 0 unspecified atom stereocenters. The zero-order valence-corrected chi connectivity index (χ0v) is 15.6. The first-order valence-electron chi connectivity index (χ1n) is 8.26. The minimum absolute atomic E-state index is 0.0402. The van der Waals surface area contributed by atoms with Crippen LogP contribution in [-0.2, 0) is 6.42 Å². The largest absolute Gasteiger partial charge is 0.472 e. The van der Waals surface area contributed by atoms with Gasteiger partial charge in [0.25, 0.3) is 11.8 Å². The Bertz CT molecular complexity index is 1030. The molecule has 2 heterocycles. The molecular formula is C20H14BrFN2O3. The van der Waals surface area contributed by atoms with Gasteiger partial charge in [-0.15, -0.1) is 0 Å². The third kappa shape index (κ3) is 3.38. The third-order valence-corrected chi connectivity index (χ3v) is 4.91. The lowest BCUT2D eigenvalue weighted by Crippen LogP contribution is -2.28. The summed E-state index contributed by atoms with van der Waals surface area (Å²) < 4.78 is 19.5. The van der Waals surface area contributed by atoms with Gasteiger partial charge in [-0.2, -0.15) is 0 Å². The highest BCUT2D eigenvalue weighted by Gasteiger charge is 2.26. The normalized spacial score (nSPS) is 12.7. The van der Waals surface area contributed by atoms with E-state index in [-0.39, 0.29) is 11.5 Å². The molecule has 3 aromatic rings. The van der Waals surface area contributed by atoms with Crippen LogP contribution in [0.4, 0.5) is 15.8 Å². The Morgan fingerprint density at radius 1 is 1.15 bits per heavy atom. The summed E-state index contributed by atoms with van der Waals surface area (Å²) in [5.74, 6) is -1.25. The number of hydrogen-bond acceptors (Lipinski definition) is 3. The standard InChI is InChI=1S/C20H14BrFN2O3/c21-14-1-3-17(22)16(10-14)19(25)23-15-2-4-18-12(9-15)5-7-24(18)20(26)13-6-8-27-11-13/h1-4,6,8-11H,5,7H2,(H,23,25). The van der Waals surface area contributed by atoms with Crippen molar-refractivity contribution in [3.8, 4) is 0 Å². The van der Waals surface area contributed by atoms with Crippen molar-refractivity contribution in [1.29, 1.82) is 0 Å². The van der Waals surface area contributed by atoms with Crippen LogP contribution in [0.5, 0.6) is 0 Å². The van der Waals surface area contributed by atoms with Crippen LogP contribution in [0, 0.1) is 5.82 Å². The number of carbonyl (C=O) groups excluding carboxylic acids is 2. The number of hydrogen-bond donors (Lipinski definition) is 1. The summed E-state index contributed by atoms with van der Waals surface area (Å²) in [6.07, 6.45) is 3.55. The van der Waals surface area contributed by atoms with Gasteiger partial charge in [-0.3, -0.25) is 9.59 Å². The summed E-state index contributed by atoms with van der Waals surface area (Å²) in [6.45, 7) is 0.553. The highest BCUT2D eigenvalue weighted by atomic mass is 79.9. The van der Waals surface area contributed by atoms with Crippen LogP contribution in [0.25, 0.3) is 0 Å². The molecule has 136 valence electrons. The van der Waals surface area contributed by atoms with Crippen molar-refractivity contribution in [3.63, 3.8) is 0 Å². The minimum Gasteiger partial charge on any atom is -0.472 e. The van der Waals surface area contributed by atoms with Gasteiger partial charge in [-0.25, -0.2) is 4.39 Å². The first-order chi connectivity index (χ1) is 13.0. The van der Waals surface area contributed by atoms with E-state index in [1.807, 2.05) is 6.07 Å². The van der Waals surface area contributed by atoms with Crippen LogP contribution in [-0.4, -0.2) is 18.4 Å². The number of rotatable bonds is 3. The van der Waals surface area contributed by atoms with E-state index in [0.717, 1.165) is 11.3 Å². The maximum absolute atomic E-state index is 13.9. The fourth-order valence-electron chi connectivity index (χ4n) is 3.10. The van der Waals surface area contributed by atoms with Crippen LogP contribution < -0.4 is 10.2 Å². The summed E-state index contributed by atoms with van der Waals surface area (Å²) >= 11 is 3.24. The van der Waals surface area contributed by atoms with Gasteiger partial charge in [0.2, 0.25) is 0 Å². The third-order valence-electron chi connectivity index (χ3n) is 4.42. The van der Waals surface area contributed by atoms with Crippen molar-refractivity contribution in [3.05, 3.63) is 82.0 Å². The van der Waals surface area contributed by atoms with E-state index < -0.39 is 11.7 Å². The van der Waals surface area contributed by atoms with Crippen molar-refractivity contribution < 1.29 is 18.4 Å². The molecule has 0 radical (unpaired) electrons. The number of halogens is 2. The average molecular weight is 429 g/mol. The first-order valence-corrected chi connectivity index (χ1v) is 9.05. The highest BCUT2D eigenvalue weighted by molar-refractivity contribution is 9.10. The molecule has 1 aliphatic heterocycles. The maximum Gasteiger partial charge on any atom is 0.261 e. The Hall–Kier alpha value is -2.93. The molecule has 0 saturated heterocycles. The Kier molecular flexibility index (Phi) is 4.53. The molecule has 0 saturated carbocycles. The van der Waals surface area contributed by atoms with Crippen molar-refractivity contribution >= 4 is 39.1 Å². The van der Waals surface area contributed by atoms with Gasteiger partial charge >= 0.3 is 0 Å². The van der Waals surface area contributed by atoms with E-state index in [1.54, 1.807) is 23.1 Å². The molecule has 0 fully saturated rings. The van der Waals surface area contributed by atoms with E-state index in [2.05, 4.69) is 21.2 Å². The number of amides is 2. The number of nitrogens with one attached hydrogen (secondary N) is 1. The predicted molar refractivity (Wildman–Crippen MR) is 103 cm³/mol. The topological polar surface area (TPSA) is 62.6 Å². The van der Waals surface area contributed by atoms with Gasteiger partial charge in [0.1, 0.15) is 12.1 Å². The maximum atomic E-state index is 13.9. The van der Waals surface area contributed by atoms with Crippen molar-refractivity contribution in [1.82, 2.24) is 0 Å². The molecule has 4 rings (SSSR count). The second-order valence-electron chi connectivity index (χ2n) is 6.14. The second-order valence-corrected chi connectivity index (χ2v) is 7.06. The second kappa shape index (κ2) is 7.00. The lowest BCUT2D eigenvalue weighted by atomic mass is 10.1.